The maximum atomic E-state index is 12.0. The summed E-state index contributed by atoms with van der Waals surface area (Å²) in [6, 6.07) is 13.5. The largest absolute Gasteiger partial charge is 0.497 e. The van der Waals surface area contributed by atoms with Gasteiger partial charge in [0.2, 0.25) is 5.89 Å². The van der Waals surface area contributed by atoms with Crippen molar-refractivity contribution in [3.8, 4) is 23.0 Å². The van der Waals surface area contributed by atoms with Gasteiger partial charge < -0.3 is 18.6 Å². The molecule has 0 aliphatic rings. The number of hydrogen-bond donors (Lipinski definition) is 0. The molecular formula is C20H18N2O6. The molecule has 0 N–H and O–H groups in total. The van der Waals surface area contributed by atoms with E-state index >= 15 is 0 Å². The minimum absolute atomic E-state index is 0.175. The Hall–Kier alpha value is -3.68. The molecule has 144 valence electrons. The topological polar surface area (TPSA) is 101 Å². The molecule has 0 unspecified atom stereocenters. The third-order valence-corrected chi connectivity index (χ3v) is 3.81. The summed E-state index contributed by atoms with van der Waals surface area (Å²) in [6.07, 6.45) is -0.00216. The summed E-state index contributed by atoms with van der Waals surface area (Å²) in [5, 5.41) is 7.90. The average Bonchev–Trinajstić information content (AvgIpc) is 3.23. The SMILES string of the molecule is COc1ccc(-c2nnc([C@@H](C)OC(=O)COc3ccc(C=O)cc3)o2)cc1. The number of carbonyl (C=O) groups excluding carboxylic acids is 2. The van der Waals surface area contributed by atoms with Crippen LogP contribution in [0.2, 0.25) is 0 Å². The molecule has 0 spiro atoms. The van der Waals surface area contributed by atoms with Gasteiger partial charge in [-0.15, -0.1) is 10.2 Å². The van der Waals surface area contributed by atoms with Gasteiger partial charge >= 0.3 is 5.97 Å². The molecule has 1 heterocycles. The molecule has 0 radical (unpaired) electrons. The van der Waals surface area contributed by atoms with Crippen LogP contribution in [-0.4, -0.2) is 36.2 Å². The third-order valence-electron chi connectivity index (χ3n) is 3.81. The fourth-order valence-corrected chi connectivity index (χ4v) is 2.32. The highest BCUT2D eigenvalue weighted by molar-refractivity contribution is 5.75. The van der Waals surface area contributed by atoms with Crippen molar-refractivity contribution in [2.45, 2.75) is 13.0 Å². The van der Waals surface area contributed by atoms with Gasteiger partial charge in [-0.2, -0.15) is 0 Å². The summed E-state index contributed by atoms with van der Waals surface area (Å²) >= 11 is 0. The van der Waals surface area contributed by atoms with Crippen molar-refractivity contribution in [3.05, 3.63) is 60.0 Å². The van der Waals surface area contributed by atoms with Crippen LogP contribution in [-0.2, 0) is 9.53 Å². The predicted molar refractivity (Wildman–Crippen MR) is 98.1 cm³/mol. The fourth-order valence-electron chi connectivity index (χ4n) is 2.32. The number of rotatable bonds is 8. The van der Waals surface area contributed by atoms with Crippen LogP contribution in [0, 0.1) is 0 Å². The Morgan fingerprint density at radius 2 is 1.75 bits per heavy atom. The highest BCUT2D eigenvalue weighted by Gasteiger charge is 2.19. The van der Waals surface area contributed by atoms with Crippen LogP contribution in [0.25, 0.3) is 11.5 Å². The smallest absolute Gasteiger partial charge is 0.344 e. The summed E-state index contributed by atoms with van der Waals surface area (Å²) < 4.78 is 21.3. The molecule has 0 aliphatic carbocycles. The van der Waals surface area contributed by atoms with E-state index < -0.39 is 12.1 Å². The first-order valence-electron chi connectivity index (χ1n) is 8.44. The zero-order chi connectivity index (χ0) is 19.9. The first kappa shape index (κ1) is 19.1. The molecule has 0 aliphatic heterocycles. The lowest BCUT2D eigenvalue weighted by Crippen LogP contribution is -2.17. The number of benzene rings is 2. The van der Waals surface area contributed by atoms with Crippen molar-refractivity contribution in [2.75, 3.05) is 13.7 Å². The summed E-state index contributed by atoms with van der Waals surface area (Å²) in [5.74, 6) is 1.07. The highest BCUT2D eigenvalue weighted by Crippen LogP contribution is 2.24. The van der Waals surface area contributed by atoms with Crippen LogP contribution in [0.4, 0.5) is 0 Å². The predicted octanol–water partition coefficient (Wildman–Crippen LogP) is 3.24. The molecule has 0 amide bonds. The van der Waals surface area contributed by atoms with Crippen molar-refractivity contribution in [3.63, 3.8) is 0 Å². The first-order chi connectivity index (χ1) is 13.6. The number of nitrogens with zero attached hydrogens (tertiary/aromatic N) is 2. The molecule has 3 rings (SSSR count). The van der Waals surface area contributed by atoms with Gasteiger partial charge in [-0.25, -0.2) is 4.79 Å². The van der Waals surface area contributed by atoms with Crippen LogP contribution in [0.15, 0.2) is 52.9 Å². The number of hydrogen-bond acceptors (Lipinski definition) is 8. The van der Waals surface area contributed by atoms with Crippen LogP contribution in [0.1, 0.15) is 29.3 Å². The summed E-state index contributed by atoms with van der Waals surface area (Å²) in [5.41, 5.74) is 1.24. The molecule has 1 aromatic heterocycles. The lowest BCUT2D eigenvalue weighted by atomic mass is 10.2. The quantitative estimate of drug-likeness (QED) is 0.432. The zero-order valence-corrected chi connectivity index (χ0v) is 15.3. The monoisotopic (exact) mass is 382 g/mol. The van der Waals surface area contributed by atoms with E-state index in [1.807, 2.05) is 0 Å². The van der Waals surface area contributed by atoms with E-state index in [1.54, 1.807) is 62.6 Å². The normalized spacial score (nSPS) is 11.5. The van der Waals surface area contributed by atoms with Crippen LogP contribution in [0.5, 0.6) is 11.5 Å². The van der Waals surface area contributed by atoms with Crippen LogP contribution < -0.4 is 9.47 Å². The van der Waals surface area contributed by atoms with Gasteiger partial charge in [0.05, 0.1) is 7.11 Å². The van der Waals surface area contributed by atoms with Gasteiger partial charge in [0.15, 0.2) is 12.7 Å². The third kappa shape index (κ3) is 4.73. The maximum Gasteiger partial charge on any atom is 0.344 e. The second-order valence-electron chi connectivity index (χ2n) is 5.78. The average molecular weight is 382 g/mol. The van der Waals surface area contributed by atoms with Crippen molar-refractivity contribution in [1.29, 1.82) is 0 Å². The molecule has 0 fully saturated rings. The Kier molecular flexibility index (Phi) is 6.01. The molecule has 28 heavy (non-hydrogen) atoms. The Bertz CT molecular complexity index is 934. The first-order valence-corrected chi connectivity index (χ1v) is 8.44. The molecule has 8 nitrogen and oxygen atoms in total. The van der Waals surface area contributed by atoms with Crippen molar-refractivity contribution < 1.29 is 28.2 Å². The van der Waals surface area contributed by atoms with E-state index in [4.69, 9.17) is 18.6 Å². The summed E-state index contributed by atoms with van der Waals surface area (Å²) in [6.45, 7) is 1.34. The minimum atomic E-state index is -0.729. The maximum absolute atomic E-state index is 12.0. The molecular weight excluding hydrogens is 364 g/mol. The summed E-state index contributed by atoms with van der Waals surface area (Å²) in [4.78, 5) is 22.6. The van der Waals surface area contributed by atoms with E-state index in [0.29, 0.717) is 23.0 Å². The Morgan fingerprint density at radius 1 is 1.07 bits per heavy atom. The fraction of sp³-hybridized carbons (Fsp3) is 0.200. The molecule has 0 bridgehead atoms. The standard InChI is InChI=1S/C20H18N2O6/c1-13(27-18(24)12-26-17-7-3-14(11-23)4-8-17)19-21-22-20(28-19)15-5-9-16(25-2)10-6-15/h3-11,13H,12H2,1-2H3/t13-/m1/s1. The van der Waals surface area contributed by atoms with E-state index in [2.05, 4.69) is 10.2 Å². The van der Waals surface area contributed by atoms with E-state index in [-0.39, 0.29) is 12.5 Å². The number of esters is 1. The van der Waals surface area contributed by atoms with E-state index in [9.17, 15) is 9.59 Å². The minimum Gasteiger partial charge on any atom is -0.497 e. The summed E-state index contributed by atoms with van der Waals surface area (Å²) in [7, 11) is 1.58. The van der Waals surface area contributed by atoms with E-state index in [0.717, 1.165) is 11.8 Å². The van der Waals surface area contributed by atoms with Crippen LogP contribution in [0.3, 0.4) is 0 Å². The number of methoxy groups -OCH3 is 1. The van der Waals surface area contributed by atoms with Crippen molar-refractivity contribution in [1.82, 2.24) is 10.2 Å². The second kappa shape index (κ2) is 8.81. The van der Waals surface area contributed by atoms with E-state index in [1.165, 1.54) is 0 Å². The lowest BCUT2D eigenvalue weighted by molar-refractivity contribution is -0.152. The Morgan fingerprint density at radius 3 is 2.39 bits per heavy atom. The van der Waals surface area contributed by atoms with Crippen molar-refractivity contribution >= 4 is 12.3 Å². The number of aromatic nitrogens is 2. The number of carbonyl (C=O) groups is 2. The Labute approximate surface area is 161 Å². The molecule has 0 saturated heterocycles. The lowest BCUT2D eigenvalue weighted by Gasteiger charge is -2.10. The highest BCUT2D eigenvalue weighted by atomic mass is 16.6. The molecule has 1 atom stereocenters. The molecule has 0 saturated carbocycles. The van der Waals surface area contributed by atoms with Gasteiger partial charge in [0.1, 0.15) is 17.8 Å². The van der Waals surface area contributed by atoms with Crippen LogP contribution >= 0.6 is 0 Å². The van der Waals surface area contributed by atoms with Gasteiger partial charge in [-0.1, -0.05) is 0 Å². The van der Waals surface area contributed by atoms with Gasteiger partial charge in [-0.3, -0.25) is 4.79 Å². The van der Waals surface area contributed by atoms with Gasteiger partial charge in [0, 0.05) is 11.1 Å². The molecule has 3 aromatic rings. The van der Waals surface area contributed by atoms with Gasteiger partial charge in [-0.05, 0) is 55.5 Å². The van der Waals surface area contributed by atoms with Crippen molar-refractivity contribution in [2.24, 2.45) is 0 Å². The number of ether oxygens (including phenoxy) is 3. The molecule has 8 heteroatoms. The number of aldehydes is 1. The molecule has 2 aromatic carbocycles. The second-order valence-corrected chi connectivity index (χ2v) is 5.78. The van der Waals surface area contributed by atoms with Gasteiger partial charge in [0.25, 0.3) is 5.89 Å². The Balaban J connectivity index is 1.54. The zero-order valence-electron chi connectivity index (χ0n) is 15.3.